The number of aliphatic imine (C=N–C) groups is 2. The molecule has 0 aliphatic carbocycles. The predicted octanol–water partition coefficient (Wildman–Crippen LogP) is 11.3. The maximum Gasteiger partial charge on any atom is 0.155 e. The van der Waals surface area contributed by atoms with Crippen LogP contribution in [0.25, 0.3) is 54.8 Å². The van der Waals surface area contributed by atoms with Crippen LogP contribution in [-0.2, 0) is 0 Å². The number of nitrogens with zero attached hydrogens (tertiary/aromatic N) is 4. The molecule has 9 rings (SSSR count). The lowest BCUT2D eigenvalue weighted by atomic mass is 9.91. The Bertz CT molecular complexity index is 2640. The van der Waals surface area contributed by atoms with E-state index in [1.807, 2.05) is 6.92 Å². The van der Waals surface area contributed by atoms with Crippen molar-refractivity contribution in [3.8, 4) is 22.3 Å². The number of amidine groups is 1. The Hall–Kier alpha value is -6.26. The van der Waals surface area contributed by atoms with Crippen LogP contribution in [0.2, 0.25) is 0 Å². The highest BCUT2D eigenvalue weighted by molar-refractivity contribution is 6.18. The average Bonchev–Trinajstić information content (AvgIpc) is 3.17. The third-order valence-corrected chi connectivity index (χ3v) is 9.83. The number of aromatic nitrogens is 2. The molecule has 1 aliphatic rings. The van der Waals surface area contributed by atoms with E-state index in [-0.39, 0.29) is 6.04 Å². The molecule has 50 heavy (non-hydrogen) atoms. The first-order valence-electron chi connectivity index (χ1n) is 17.2. The van der Waals surface area contributed by atoms with Crippen LogP contribution in [0.5, 0.6) is 0 Å². The number of para-hydroxylation sites is 1. The van der Waals surface area contributed by atoms with Gasteiger partial charge >= 0.3 is 0 Å². The summed E-state index contributed by atoms with van der Waals surface area (Å²) in [6.45, 7) is 4.10. The molecule has 0 N–H and O–H groups in total. The summed E-state index contributed by atoms with van der Waals surface area (Å²) in [5.41, 5.74) is 13.0. The number of rotatable bonds is 5. The van der Waals surface area contributed by atoms with Crippen molar-refractivity contribution < 1.29 is 0 Å². The van der Waals surface area contributed by atoms with Crippen LogP contribution >= 0.6 is 0 Å². The molecule has 0 fully saturated rings. The van der Waals surface area contributed by atoms with E-state index >= 15 is 0 Å². The van der Waals surface area contributed by atoms with Gasteiger partial charge in [0, 0.05) is 50.7 Å². The fourth-order valence-corrected chi connectivity index (χ4v) is 7.35. The highest BCUT2D eigenvalue weighted by Gasteiger charge is 2.23. The van der Waals surface area contributed by atoms with Crippen molar-refractivity contribution in [1.82, 2.24) is 9.97 Å². The first kappa shape index (κ1) is 29.8. The molecule has 0 bridgehead atoms. The van der Waals surface area contributed by atoms with Gasteiger partial charge in [-0.2, -0.15) is 0 Å². The number of fused-ring (bicyclic) bond motifs is 4. The number of hydrogen-bond acceptors (Lipinski definition) is 4. The zero-order valence-corrected chi connectivity index (χ0v) is 28.0. The van der Waals surface area contributed by atoms with Gasteiger partial charge in [-0.3, -0.25) is 9.98 Å². The van der Waals surface area contributed by atoms with Crippen molar-refractivity contribution in [3.63, 3.8) is 0 Å². The Morgan fingerprint density at radius 1 is 0.540 bits per heavy atom. The van der Waals surface area contributed by atoms with Crippen LogP contribution in [0.15, 0.2) is 162 Å². The van der Waals surface area contributed by atoms with Crippen molar-refractivity contribution in [1.29, 1.82) is 0 Å². The molecule has 1 atom stereocenters. The van der Waals surface area contributed by atoms with Gasteiger partial charge in [-0.05, 0) is 59.7 Å². The normalized spacial score (nSPS) is 14.6. The van der Waals surface area contributed by atoms with Crippen molar-refractivity contribution in [2.45, 2.75) is 26.3 Å². The maximum atomic E-state index is 5.25. The largest absolute Gasteiger partial charge is 0.258 e. The van der Waals surface area contributed by atoms with Crippen LogP contribution in [0.3, 0.4) is 0 Å². The van der Waals surface area contributed by atoms with E-state index in [0.717, 1.165) is 79.0 Å². The summed E-state index contributed by atoms with van der Waals surface area (Å²) in [5.74, 6) is 0.752. The lowest BCUT2D eigenvalue weighted by molar-refractivity contribution is 0.753. The molecule has 3 heterocycles. The molecule has 0 amide bonds. The van der Waals surface area contributed by atoms with Gasteiger partial charge in [-0.15, -0.1) is 0 Å². The second kappa shape index (κ2) is 12.3. The van der Waals surface area contributed by atoms with Gasteiger partial charge in [0.1, 0.15) is 0 Å². The molecule has 1 aliphatic heterocycles. The Kier molecular flexibility index (Phi) is 7.35. The smallest absolute Gasteiger partial charge is 0.155 e. The van der Waals surface area contributed by atoms with Crippen LogP contribution in [0, 0.1) is 13.8 Å². The van der Waals surface area contributed by atoms with E-state index in [1.165, 1.54) is 21.9 Å². The van der Waals surface area contributed by atoms with Crippen molar-refractivity contribution in [2.24, 2.45) is 9.98 Å². The topological polar surface area (TPSA) is 50.5 Å². The summed E-state index contributed by atoms with van der Waals surface area (Å²) in [4.78, 5) is 20.3. The van der Waals surface area contributed by atoms with Gasteiger partial charge in [0.2, 0.25) is 0 Å². The SMILES string of the molecule is Cc1ccc(-c2cccc(C3=NC(c4ccccc4)CC(c4ccc(-c5c6ccccc6nc6c5ccc5ccccc56)cc4)=N3)c2)c(C)n1. The molecule has 238 valence electrons. The summed E-state index contributed by atoms with van der Waals surface area (Å²) in [6, 6.07) is 53.6. The molecule has 6 aromatic carbocycles. The number of pyridine rings is 2. The van der Waals surface area contributed by atoms with Crippen LogP contribution in [0.4, 0.5) is 0 Å². The quantitative estimate of drug-likeness (QED) is 0.139. The lowest BCUT2D eigenvalue weighted by Crippen LogP contribution is -2.17. The fourth-order valence-electron chi connectivity index (χ4n) is 7.35. The molecule has 4 heteroatoms. The molecule has 0 saturated carbocycles. The first-order valence-corrected chi connectivity index (χ1v) is 17.2. The van der Waals surface area contributed by atoms with E-state index < -0.39 is 0 Å². The molecule has 8 aromatic rings. The summed E-state index contributed by atoms with van der Waals surface area (Å²) >= 11 is 0. The minimum absolute atomic E-state index is 0.0359. The zero-order valence-electron chi connectivity index (χ0n) is 28.0. The molecular weight excluding hydrogens is 609 g/mol. The second-order valence-electron chi connectivity index (χ2n) is 13.1. The van der Waals surface area contributed by atoms with E-state index in [0.29, 0.717) is 0 Å². The molecule has 1 unspecified atom stereocenters. The van der Waals surface area contributed by atoms with Crippen LogP contribution in [-0.4, -0.2) is 21.5 Å². The van der Waals surface area contributed by atoms with E-state index in [2.05, 4.69) is 159 Å². The molecule has 4 nitrogen and oxygen atoms in total. The van der Waals surface area contributed by atoms with Gasteiger partial charge in [-0.1, -0.05) is 133 Å². The zero-order chi connectivity index (χ0) is 33.6. The summed E-state index contributed by atoms with van der Waals surface area (Å²) in [5, 5.41) is 4.67. The van der Waals surface area contributed by atoms with Gasteiger partial charge in [0.05, 0.1) is 22.8 Å². The van der Waals surface area contributed by atoms with Gasteiger partial charge in [0.15, 0.2) is 5.84 Å². The fraction of sp³-hybridized carbons (Fsp3) is 0.0870. The molecule has 2 aromatic heterocycles. The van der Waals surface area contributed by atoms with Gasteiger partial charge < -0.3 is 0 Å². The Labute approximate surface area is 291 Å². The number of hydrogen-bond donors (Lipinski definition) is 0. The van der Waals surface area contributed by atoms with Crippen LogP contribution < -0.4 is 0 Å². The predicted molar refractivity (Wildman–Crippen MR) is 208 cm³/mol. The first-order chi connectivity index (χ1) is 24.6. The van der Waals surface area contributed by atoms with Crippen molar-refractivity contribution >= 4 is 44.1 Å². The summed E-state index contributed by atoms with van der Waals surface area (Å²) in [7, 11) is 0. The maximum absolute atomic E-state index is 5.25. The monoisotopic (exact) mass is 642 g/mol. The lowest BCUT2D eigenvalue weighted by Gasteiger charge is -2.22. The Balaban J connectivity index is 1.15. The summed E-state index contributed by atoms with van der Waals surface area (Å²) < 4.78 is 0. The number of benzene rings is 6. The minimum Gasteiger partial charge on any atom is -0.258 e. The van der Waals surface area contributed by atoms with Gasteiger partial charge in [0.25, 0.3) is 0 Å². The van der Waals surface area contributed by atoms with E-state index in [9.17, 15) is 0 Å². The third-order valence-electron chi connectivity index (χ3n) is 9.83. The van der Waals surface area contributed by atoms with Crippen LogP contribution in [0.1, 0.15) is 40.5 Å². The summed E-state index contributed by atoms with van der Waals surface area (Å²) in [6.07, 6.45) is 0.723. The minimum atomic E-state index is -0.0359. The standard InChI is InChI=1S/C46H34N4/c1-29-19-25-37(30(2)47-29)35-14-10-15-36(27-35)46-49-42(32-12-4-3-5-13-32)28-43(50-46)33-20-22-34(23-21-33)44-39-17-8-9-18-41(39)48-45-38-16-7-6-11-31(38)24-26-40(44)45/h3-27,42H,28H2,1-2H3. The highest BCUT2D eigenvalue weighted by atomic mass is 15.0. The average molecular weight is 643 g/mol. The molecule has 0 radical (unpaired) electrons. The Morgan fingerprint density at radius 2 is 1.28 bits per heavy atom. The second-order valence-corrected chi connectivity index (χ2v) is 13.1. The van der Waals surface area contributed by atoms with E-state index in [1.54, 1.807) is 0 Å². The number of aryl methyl sites for hydroxylation is 2. The van der Waals surface area contributed by atoms with Gasteiger partial charge in [-0.25, -0.2) is 9.98 Å². The molecular formula is C46H34N4. The highest BCUT2D eigenvalue weighted by Crippen LogP contribution is 2.38. The van der Waals surface area contributed by atoms with Crippen molar-refractivity contribution in [2.75, 3.05) is 0 Å². The molecule has 0 saturated heterocycles. The third kappa shape index (κ3) is 5.36. The van der Waals surface area contributed by atoms with Crippen molar-refractivity contribution in [3.05, 3.63) is 180 Å². The Morgan fingerprint density at radius 3 is 2.12 bits per heavy atom. The van der Waals surface area contributed by atoms with E-state index in [4.69, 9.17) is 20.0 Å². The molecule has 0 spiro atoms.